The average Bonchev–Trinajstić information content (AvgIpc) is 2.34. The molecule has 0 bridgehead atoms. The summed E-state index contributed by atoms with van der Waals surface area (Å²) in [5.74, 6) is 3.00. The van der Waals surface area contributed by atoms with E-state index < -0.39 is 7.81 Å². The second-order valence-electron chi connectivity index (χ2n) is 5.98. The summed E-state index contributed by atoms with van der Waals surface area (Å²) in [7, 11) is -9.94. The molecule has 0 spiro atoms. The van der Waals surface area contributed by atoms with Gasteiger partial charge in [0.05, 0.1) is 6.26 Å². The van der Waals surface area contributed by atoms with Crippen molar-refractivity contribution >= 4 is 18.7 Å². The molecule has 0 aromatic heterocycles. The predicted molar refractivity (Wildman–Crippen MR) is 94.1 cm³/mol. The van der Waals surface area contributed by atoms with E-state index in [1.165, 1.54) is 75.7 Å². The average molecular weight is 390 g/mol. The third-order valence-corrected chi connectivity index (χ3v) is 5.16. The minimum absolute atomic E-state index is 0.719. The molecule has 146 valence electrons. The van der Waals surface area contributed by atoms with E-state index in [0.717, 1.165) is 10.9 Å². The normalized spacial score (nSPS) is 14.9. The monoisotopic (exact) mass is 390 g/mol. The van der Waals surface area contributed by atoms with Crippen LogP contribution in [0.3, 0.4) is 0 Å². The van der Waals surface area contributed by atoms with Gasteiger partial charge in [0.1, 0.15) is 11.5 Å². The fourth-order valence-electron chi connectivity index (χ4n) is 2.01. The zero-order chi connectivity index (χ0) is 18.5. The fraction of sp³-hybridized carbons (Fsp3) is 1.00. The van der Waals surface area contributed by atoms with Gasteiger partial charge in [0, 0.05) is 0 Å². The van der Waals surface area contributed by atoms with Crippen molar-refractivity contribution in [3.8, 4) is 0 Å². The molecular weight excluding hydrogens is 357 g/mol. The minimum atomic E-state index is -10.7. The van der Waals surface area contributed by atoms with Gasteiger partial charge in [-0.25, -0.2) is 0 Å². The molecule has 0 aromatic carbocycles. The molecule has 0 saturated heterocycles. The van der Waals surface area contributed by atoms with Crippen LogP contribution >= 0.6 is 7.81 Å². The Labute approximate surface area is 140 Å². The van der Waals surface area contributed by atoms with Crippen LogP contribution in [0.1, 0.15) is 78.1 Å². The molecule has 0 fully saturated rings. The van der Waals surface area contributed by atoms with Gasteiger partial charge in [0.25, 0.3) is 0 Å². The first-order chi connectivity index (χ1) is 10.3. The molecule has 0 atom stereocenters. The van der Waals surface area contributed by atoms with Crippen molar-refractivity contribution in [3.63, 3.8) is 0 Å². The Morgan fingerprint density at radius 2 is 0.826 bits per heavy atom. The molecule has 0 saturated carbocycles. The van der Waals surface area contributed by atoms with Crippen LogP contribution in [0.5, 0.6) is 0 Å². The zero-order valence-electron chi connectivity index (χ0n) is 14.6. The summed E-state index contributed by atoms with van der Waals surface area (Å²) in [4.78, 5) is 0. The molecule has 0 amide bonds. The maximum atomic E-state index is 9.87. The summed E-state index contributed by atoms with van der Waals surface area (Å²) in [5, 5.41) is 0. The van der Waals surface area contributed by atoms with E-state index in [-0.39, 0.29) is 0 Å². The molecule has 0 rings (SSSR count). The molecule has 23 heavy (non-hydrogen) atoms. The Balaban J connectivity index is 0. The van der Waals surface area contributed by atoms with Crippen LogP contribution in [0.2, 0.25) is 0 Å². The summed E-state index contributed by atoms with van der Waals surface area (Å²) in [6, 6.07) is 0. The van der Waals surface area contributed by atoms with Gasteiger partial charge in [-0.3, -0.25) is 0 Å². The Hall–Kier alpha value is 0.360. The summed E-state index contributed by atoms with van der Waals surface area (Å²) < 4.78 is 59.2. The van der Waals surface area contributed by atoms with Crippen molar-refractivity contribution in [2.75, 3.05) is 17.8 Å². The number of rotatable bonds is 12. The van der Waals surface area contributed by atoms with Gasteiger partial charge in [-0.1, -0.05) is 52.4 Å². The Bertz CT molecular complexity index is 252. The maximum absolute atomic E-state index is 10.7. The van der Waals surface area contributed by atoms with Gasteiger partial charge in [-0.2, -0.15) is 0 Å². The van der Waals surface area contributed by atoms with Crippen molar-refractivity contribution < 1.29 is 25.2 Å². The second kappa shape index (κ2) is 11.1. The van der Waals surface area contributed by atoms with Crippen molar-refractivity contribution in [3.05, 3.63) is 0 Å². The Morgan fingerprint density at radius 3 is 1.09 bits per heavy atom. The first-order valence-electron chi connectivity index (χ1n) is 8.41. The fourth-order valence-corrected chi connectivity index (χ4v) is 3.60. The van der Waals surface area contributed by atoms with Crippen LogP contribution in [-0.2, 0) is 10.9 Å². The molecule has 0 aliphatic heterocycles. The van der Waals surface area contributed by atoms with Crippen molar-refractivity contribution in [1.82, 2.24) is 0 Å². The van der Waals surface area contributed by atoms with Gasteiger partial charge in [-0.05, 0) is 36.6 Å². The SMILES string of the molecule is CCCCCCC[S+](C)CCCCCCC.F[P-](F)(F)(F)(F)F. The molecule has 0 heterocycles. The molecule has 0 aliphatic rings. The van der Waals surface area contributed by atoms with Gasteiger partial charge in [0.15, 0.2) is 0 Å². The van der Waals surface area contributed by atoms with E-state index in [2.05, 4.69) is 20.1 Å². The van der Waals surface area contributed by atoms with E-state index in [1.807, 2.05) is 0 Å². The summed E-state index contributed by atoms with van der Waals surface area (Å²) in [5.41, 5.74) is 0. The Morgan fingerprint density at radius 1 is 0.565 bits per heavy atom. The summed E-state index contributed by atoms with van der Waals surface area (Å²) in [6.07, 6.45) is 16.9. The van der Waals surface area contributed by atoms with Gasteiger partial charge in [0.2, 0.25) is 0 Å². The van der Waals surface area contributed by atoms with E-state index in [4.69, 9.17) is 0 Å². The van der Waals surface area contributed by atoms with Crippen LogP contribution in [0, 0.1) is 0 Å². The van der Waals surface area contributed by atoms with Crippen LogP contribution < -0.4 is 0 Å². The molecule has 0 aliphatic carbocycles. The molecule has 0 aromatic rings. The van der Waals surface area contributed by atoms with E-state index in [0.29, 0.717) is 0 Å². The molecule has 0 radical (unpaired) electrons. The van der Waals surface area contributed by atoms with Crippen molar-refractivity contribution in [2.24, 2.45) is 0 Å². The van der Waals surface area contributed by atoms with Crippen molar-refractivity contribution in [1.29, 1.82) is 0 Å². The van der Waals surface area contributed by atoms with Crippen LogP contribution in [-0.4, -0.2) is 17.8 Å². The standard InChI is InChI=1S/C15H33S.F6P/c1-4-6-8-10-12-14-16(3)15-13-11-9-7-5-2;1-7(2,3,4,5)6/h4-15H2,1-3H3;/q+1;-1. The van der Waals surface area contributed by atoms with Gasteiger partial charge >= 0.3 is 33.0 Å². The van der Waals surface area contributed by atoms with Crippen molar-refractivity contribution in [2.45, 2.75) is 78.1 Å². The van der Waals surface area contributed by atoms with Gasteiger partial charge in [-0.15, -0.1) is 0 Å². The Kier molecular flexibility index (Phi) is 12.3. The van der Waals surface area contributed by atoms with E-state index in [9.17, 15) is 25.2 Å². The first kappa shape index (κ1) is 25.6. The zero-order valence-corrected chi connectivity index (χ0v) is 16.3. The predicted octanol–water partition coefficient (Wildman–Crippen LogP) is 8.56. The van der Waals surface area contributed by atoms with Gasteiger partial charge < -0.3 is 0 Å². The third-order valence-electron chi connectivity index (χ3n) is 3.19. The number of unbranched alkanes of at least 4 members (excludes halogenated alkanes) is 8. The first-order valence-corrected chi connectivity index (χ1v) is 12.4. The van der Waals surface area contributed by atoms with E-state index in [1.54, 1.807) is 0 Å². The summed E-state index contributed by atoms with van der Waals surface area (Å²) >= 11 is 0. The third kappa shape index (κ3) is 44.9. The summed E-state index contributed by atoms with van der Waals surface area (Å²) in [6.45, 7) is 4.58. The molecule has 0 N–H and O–H groups in total. The van der Waals surface area contributed by atoms with Crippen LogP contribution in [0.15, 0.2) is 0 Å². The number of halogens is 6. The number of hydrogen-bond acceptors (Lipinski definition) is 0. The van der Waals surface area contributed by atoms with E-state index >= 15 is 0 Å². The van der Waals surface area contributed by atoms with Crippen LogP contribution in [0.25, 0.3) is 0 Å². The molecule has 0 nitrogen and oxygen atoms in total. The second-order valence-corrected chi connectivity index (χ2v) is 10.3. The quantitative estimate of drug-likeness (QED) is 0.135. The molecular formula is C15H33F6PS. The van der Waals surface area contributed by atoms with Crippen LogP contribution in [0.4, 0.5) is 25.2 Å². The topological polar surface area (TPSA) is 0 Å². The number of hydrogen-bond donors (Lipinski definition) is 0. The molecule has 8 heteroatoms. The molecule has 0 unspecified atom stereocenters.